The van der Waals surface area contributed by atoms with Gasteiger partial charge in [0.05, 0.1) is 11.4 Å². The first kappa shape index (κ1) is 13.1. The lowest BCUT2D eigenvalue weighted by atomic mass is 10.0. The summed E-state index contributed by atoms with van der Waals surface area (Å²) in [6, 6.07) is 6.41. The van der Waals surface area contributed by atoms with Crippen molar-refractivity contribution in [3.63, 3.8) is 0 Å². The smallest absolute Gasteiger partial charge is 0.195 e. The second-order valence-electron chi connectivity index (χ2n) is 5.12. The molecule has 0 fully saturated rings. The Hall–Kier alpha value is -1.94. The van der Waals surface area contributed by atoms with E-state index in [2.05, 4.69) is 44.0 Å². The number of nitrogens with zero attached hydrogens (tertiary/aromatic N) is 2. The van der Waals surface area contributed by atoms with Crippen LogP contribution in [0.3, 0.4) is 0 Å². The lowest BCUT2D eigenvalue weighted by Gasteiger charge is -2.07. The highest BCUT2D eigenvalue weighted by atomic mass is 32.1. The molecule has 0 amide bonds. The standard InChI is InChI=1S/C16H16N2OS/c1-9-5-6-13(7-10(9)2)15-12(4)20-16-17-11(3)14(8-19)18(15)16/h5-8H,1-4H3. The maximum Gasteiger partial charge on any atom is 0.195 e. The number of hydrogen-bond acceptors (Lipinski definition) is 3. The number of fused-ring (bicyclic) bond motifs is 1. The van der Waals surface area contributed by atoms with Crippen LogP contribution >= 0.6 is 11.3 Å². The molecule has 20 heavy (non-hydrogen) atoms. The molecule has 4 heteroatoms. The molecule has 102 valence electrons. The van der Waals surface area contributed by atoms with E-state index in [-0.39, 0.29) is 0 Å². The van der Waals surface area contributed by atoms with Crippen LogP contribution in [-0.4, -0.2) is 15.7 Å². The van der Waals surface area contributed by atoms with E-state index in [0.717, 1.165) is 28.2 Å². The van der Waals surface area contributed by atoms with E-state index in [1.54, 1.807) is 11.3 Å². The number of benzene rings is 1. The highest BCUT2D eigenvalue weighted by Crippen LogP contribution is 2.33. The number of aromatic nitrogens is 2. The molecule has 3 rings (SSSR count). The number of rotatable bonds is 2. The van der Waals surface area contributed by atoms with Crippen molar-refractivity contribution in [2.24, 2.45) is 0 Å². The molecule has 0 aliphatic rings. The number of carbonyl (C=O) groups excluding carboxylic acids is 1. The van der Waals surface area contributed by atoms with Gasteiger partial charge in [-0.3, -0.25) is 9.20 Å². The van der Waals surface area contributed by atoms with Crippen molar-refractivity contribution in [1.29, 1.82) is 0 Å². The van der Waals surface area contributed by atoms with Gasteiger partial charge in [0, 0.05) is 4.88 Å². The van der Waals surface area contributed by atoms with Gasteiger partial charge in [0.2, 0.25) is 0 Å². The van der Waals surface area contributed by atoms with Crippen molar-refractivity contribution in [1.82, 2.24) is 9.38 Å². The molecule has 0 spiro atoms. The fraction of sp³-hybridized carbons (Fsp3) is 0.250. The minimum atomic E-state index is 0.651. The third kappa shape index (κ3) is 1.79. The van der Waals surface area contributed by atoms with Gasteiger partial charge in [-0.25, -0.2) is 4.98 Å². The van der Waals surface area contributed by atoms with Crippen LogP contribution in [0.25, 0.3) is 16.2 Å². The van der Waals surface area contributed by atoms with Gasteiger partial charge in [0.15, 0.2) is 11.2 Å². The van der Waals surface area contributed by atoms with E-state index < -0.39 is 0 Å². The van der Waals surface area contributed by atoms with Crippen LogP contribution < -0.4 is 0 Å². The number of aldehydes is 1. The molecule has 3 nitrogen and oxygen atoms in total. The lowest BCUT2D eigenvalue weighted by molar-refractivity contribution is 0.111. The van der Waals surface area contributed by atoms with Crippen LogP contribution in [0.5, 0.6) is 0 Å². The van der Waals surface area contributed by atoms with Crippen LogP contribution in [0, 0.1) is 27.7 Å². The van der Waals surface area contributed by atoms with Crippen molar-refractivity contribution < 1.29 is 4.79 Å². The highest BCUT2D eigenvalue weighted by Gasteiger charge is 2.18. The number of imidazole rings is 1. The SMILES string of the molecule is Cc1ccc(-c2c(C)sc3nc(C)c(C=O)n23)cc1C. The zero-order chi connectivity index (χ0) is 14.4. The van der Waals surface area contributed by atoms with Gasteiger partial charge in [0.1, 0.15) is 5.69 Å². The minimum Gasteiger partial charge on any atom is -0.296 e. The molecule has 0 bridgehead atoms. The normalized spacial score (nSPS) is 11.2. The van der Waals surface area contributed by atoms with Crippen LogP contribution in [-0.2, 0) is 0 Å². The average molecular weight is 284 g/mol. The summed E-state index contributed by atoms with van der Waals surface area (Å²) in [5.74, 6) is 0. The quantitative estimate of drug-likeness (QED) is 0.664. The van der Waals surface area contributed by atoms with Gasteiger partial charge in [-0.15, -0.1) is 11.3 Å². The zero-order valence-corrected chi connectivity index (χ0v) is 12.8. The largest absolute Gasteiger partial charge is 0.296 e. The number of thiazole rings is 1. The fourth-order valence-corrected chi connectivity index (χ4v) is 3.55. The first-order valence-electron chi connectivity index (χ1n) is 6.54. The summed E-state index contributed by atoms with van der Waals surface area (Å²) in [7, 11) is 0. The predicted molar refractivity (Wildman–Crippen MR) is 82.8 cm³/mol. The van der Waals surface area contributed by atoms with Gasteiger partial charge in [-0.05, 0) is 50.5 Å². The molecular formula is C16H16N2OS. The summed E-state index contributed by atoms with van der Waals surface area (Å²) < 4.78 is 1.98. The van der Waals surface area contributed by atoms with E-state index in [0.29, 0.717) is 5.69 Å². The van der Waals surface area contributed by atoms with E-state index in [4.69, 9.17) is 0 Å². The van der Waals surface area contributed by atoms with Gasteiger partial charge < -0.3 is 0 Å². The van der Waals surface area contributed by atoms with Gasteiger partial charge in [-0.2, -0.15) is 0 Å². The first-order valence-corrected chi connectivity index (χ1v) is 7.36. The summed E-state index contributed by atoms with van der Waals surface area (Å²) in [5.41, 5.74) is 6.18. The molecule has 0 aliphatic heterocycles. The molecule has 2 aromatic heterocycles. The molecule has 0 saturated carbocycles. The van der Waals surface area contributed by atoms with Crippen molar-refractivity contribution in [3.05, 3.63) is 45.6 Å². The molecule has 0 unspecified atom stereocenters. The molecule has 1 aromatic carbocycles. The fourth-order valence-electron chi connectivity index (χ4n) is 2.50. The van der Waals surface area contributed by atoms with Crippen molar-refractivity contribution in [2.75, 3.05) is 0 Å². The topological polar surface area (TPSA) is 34.4 Å². The highest BCUT2D eigenvalue weighted by molar-refractivity contribution is 7.17. The summed E-state index contributed by atoms with van der Waals surface area (Å²) in [5, 5.41) is 0. The maximum absolute atomic E-state index is 11.4. The lowest BCUT2D eigenvalue weighted by Crippen LogP contribution is -1.95. The Morgan fingerprint density at radius 1 is 1.15 bits per heavy atom. The Morgan fingerprint density at radius 2 is 1.90 bits per heavy atom. The Bertz CT molecular complexity index is 827. The Morgan fingerprint density at radius 3 is 2.55 bits per heavy atom. The van der Waals surface area contributed by atoms with Crippen LogP contribution in [0.15, 0.2) is 18.2 Å². The van der Waals surface area contributed by atoms with Gasteiger partial charge in [0.25, 0.3) is 0 Å². The summed E-state index contributed by atoms with van der Waals surface area (Å²) >= 11 is 1.63. The number of carbonyl (C=O) groups is 1. The van der Waals surface area contributed by atoms with E-state index in [1.165, 1.54) is 16.0 Å². The molecule has 0 aliphatic carbocycles. The van der Waals surface area contributed by atoms with Crippen LogP contribution in [0.2, 0.25) is 0 Å². The second kappa shape index (κ2) is 4.56. The first-order chi connectivity index (χ1) is 9.52. The predicted octanol–water partition coefficient (Wildman–Crippen LogP) is 4.11. The maximum atomic E-state index is 11.4. The number of aryl methyl sites for hydroxylation is 4. The van der Waals surface area contributed by atoms with Gasteiger partial charge in [-0.1, -0.05) is 12.1 Å². The van der Waals surface area contributed by atoms with Crippen molar-refractivity contribution >= 4 is 22.6 Å². The third-order valence-corrected chi connectivity index (χ3v) is 4.72. The Balaban J connectivity index is 2.37. The Labute approximate surface area is 121 Å². The van der Waals surface area contributed by atoms with E-state index in [1.807, 2.05) is 11.3 Å². The molecule has 0 saturated heterocycles. The van der Waals surface area contributed by atoms with Gasteiger partial charge >= 0.3 is 0 Å². The molecule has 0 N–H and O–H groups in total. The van der Waals surface area contributed by atoms with E-state index in [9.17, 15) is 4.79 Å². The molecule has 0 atom stereocenters. The summed E-state index contributed by atoms with van der Waals surface area (Å²) in [4.78, 5) is 17.9. The van der Waals surface area contributed by atoms with Crippen molar-refractivity contribution in [2.45, 2.75) is 27.7 Å². The van der Waals surface area contributed by atoms with Crippen LogP contribution in [0.4, 0.5) is 0 Å². The average Bonchev–Trinajstić information content (AvgIpc) is 2.86. The number of hydrogen-bond donors (Lipinski definition) is 0. The Kier molecular flexibility index (Phi) is 2.98. The summed E-state index contributed by atoms with van der Waals surface area (Å²) in [6.07, 6.45) is 0.895. The molecule has 0 radical (unpaired) electrons. The minimum absolute atomic E-state index is 0.651. The molecular weight excluding hydrogens is 268 g/mol. The summed E-state index contributed by atoms with van der Waals surface area (Å²) in [6.45, 7) is 8.17. The zero-order valence-electron chi connectivity index (χ0n) is 12.0. The van der Waals surface area contributed by atoms with E-state index >= 15 is 0 Å². The molecule has 3 aromatic rings. The monoisotopic (exact) mass is 284 g/mol. The second-order valence-corrected chi connectivity index (χ2v) is 6.31. The molecule has 2 heterocycles. The third-order valence-electron chi connectivity index (χ3n) is 3.76. The van der Waals surface area contributed by atoms with Crippen molar-refractivity contribution in [3.8, 4) is 11.3 Å². The van der Waals surface area contributed by atoms with Crippen LogP contribution in [0.1, 0.15) is 32.2 Å².